The highest BCUT2D eigenvalue weighted by molar-refractivity contribution is 7.99. The van der Waals surface area contributed by atoms with Gasteiger partial charge in [0.15, 0.2) is 0 Å². The van der Waals surface area contributed by atoms with E-state index in [0.717, 1.165) is 38.3 Å². The monoisotopic (exact) mass is 335 g/mol. The summed E-state index contributed by atoms with van der Waals surface area (Å²) in [7, 11) is 2.17. The minimum atomic E-state index is 0.0207. The fourth-order valence-electron chi connectivity index (χ4n) is 2.54. The zero-order valence-electron chi connectivity index (χ0n) is 14.8. The number of rotatable bonds is 6. The summed E-state index contributed by atoms with van der Waals surface area (Å²) in [6.45, 7) is 10.3. The maximum absolute atomic E-state index is 12.4. The molecule has 23 heavy (non-hydrogen) atoms. The molecule has 4 nitrogen and oxygen atoms in total. The van der Waals surface area contributed by atoms with Crippen LogP contribution in [0.4, 0.5) is 0 Å². The number of hydrogen-bond acceptors (Lipinski definition) is 4. The van der Waals surface area contributed by atoms with Crippen molar-refractivity contribution in [1.29, 1.82) is 0 Å². The molecule has 0 saturated carbocycles. The molecule has 1 saturated heterocycles. The molecule has 1 aromatic rings. The lowest BCUT2D eigenvalue weighted by Crippen LogP contribution is -2.43. The zero-order chi connectivity index (χ0) is 16.9. The van der Waals surface area contributed by atoms with Crippen LogP contribution in [-0.2, 0) is 6.54 Å². The Morgan fingerprint density at radius 1 is 1.26 bits per heavy atom. The molecule has 0 unspecified atom stereocenters. The van der Waals surface area contributed by atoms with E-state index in [2.05, 4.69) is 48.3 Å². The number of nitrogens with one attached hydrogen (secondary N) is 1. The minimum Gasteiger partial charge on any atom is -0.351 e. The van der Waals surface area contributed by atoms with Gasteiger partial charge in [0, 0.05) is 49.6 Å². The molecule has 128 valence electrons. The summed E-state index contributed by atoms with van der Waals surface area (Å²) in [5.74, 6) is 0.0207. The molecule has 0 atom stereocenters. The largest absolute Gasteiger partial charge is 0.351 e. The van der Waals surface area contributed by atoms with Gasteiger partial charge in [-0.15, -0.1) is 0 Å². The molecular weight excluding hydrogens is 306 g/mol. The molecule has 5 heteroatoms. The highest BCUT2D eigenvalue weighted by Gasteiger charge is 2.18. The second-order valence-corrected chi connectivity index (χ2v) is 8.44. The van der Waals surface area contributed by atoms with Gasteiger partial charge in [0.25, 0.3) is 5.91 Å². The van der Waals surface area contributed by atoms with Crippen molar-refractivity contribution in [2.45, 2.75) is 25.1 Å². The number of nitrogens with zero attached hydrogens (tertiary/aromatic N) is 2. The van der Waals surface area contributed by atoms with Crippen LogP contribution in [0.15, 0.2) is 24.3 Å². The van der Waals surface area contributed by atoms with Crippen molar-refractivity contribution >= 4 is 17.7 Å². The SMILES string of the molecule is CSC(C)(C)CNC(=O)c1cccc(CN2CCN(C)CC2)c1. The lowest BCUT2D eigenvalue weighted by atomic mass is 10.1. The third-order valence-electron chi connectivity index (χ3n) is 4.42. The van der Waals surface area contributed by atoms with Crippen molar-refractivity contribution < 1.29 is 4.79 Å². The number of carbonyl (C=O) groups excluding carboxylic acids is 1. The van der Waals surface area contributed by atoms with Crippen LogP contribution in [0.5, 0.6) is 0 Å². The fraction of sp³-hybridized carbons (Fsp3) is 0.611. The predicted molar refractivity (Wildman–Crippen MR) is 99.1 cm³/mol. The topological polar surface area (TPSA) is 35.6 Å². The van der Waals surface area contributed by atoms with Gasteiger partial charge in [-0.25, -0.2) is 0 Å². The molecule has 0 aromatic heterocycles. The molecule has 0 aliphatic carbocycles. The van der Waals surface area contributed by atoms with Crippen LogP contribution in [0.2, 0.25) is 0 Å². The van der Waals surface area contributed by atoms with Crippen LogP contribution in [-0.4, -0.2) is 66.5 Å². The van der Waals surface area contributed by atoms with Gasteiger partial charge in [0.1, 0.15) is 0 Å². The van der Waals surface area contributed by atoms with Crippen molar-refractivity contribution in [2.24, 2.45) is 0 Å². The van der Waals surface area contributed by atoms with E-state index >= 15 is 0 Å². The highest BCUT2D eigenvalue weighted by Crippen LogP contribution is 2.19. The average molecular weight is 336 g/mol. The molecule has 2 rings (SSSR count). The summed E-state index contributed by atoms with van der Waals surface area (Å²) < 4.78 is 0.0626. The van der Waals surface area contributed by atoms with E-state index in [9.17, 15) is 4.79 Å². The molecule has 1 fully saturated rings. The third kappa shape index (κ3) is 5.83. The molecule has 1 amide bonds. The van der Waals surface area contributed by atoms with Crippen LogP contribution in [0, 0.1) is 0 Å². The second-order valence-electron chi connectivity index (χ2n) is 6.93. The number of amides is 1. The first kappa shape index (κ1) is 18.3. The minimum absolute atomic E-state index is 0.0207. The van der Waals surface area contributed by atoms with Gasteiger partial charge in [0.2, 0.25) is 0 Å². The van der Waals surface area contributed by atoms with Gasteiger partial charge in [-0.3, -0.25) is 9.69 Å². The number of likely N-dealkylation sites (N-methyl/N-ethyl adjacent to an activating group) is 1. The lowest BCUT2D eigenvalue weighted by molar-refractivity contribution is 0.0950. The number of hydrogen-bond donors (Lipinski definition) is 1. The summed E-state index contributed by atoms with van der Waals surface area (Å²) in [4.78, 5) is 17.2. The number of thioether (sulfide) groups is 1. The summed E-state index contributed by atoms with van der Waals surface area (Å²) in [5, 5.41) is 3.05. The van der Waals surface area contributed by atoms with Crippen molar-refractivity contribution in [1.82, 2.24) is 15.1 Å². The maximum Gasteiger partial charge on any atom is 0.251 e. The summed E-state index contributed by atoms with van der Waals surface area (Å²) in [6, 6.07) is 8.02. The van der Waals surface area contributed by atoms with Crippen molar-refractivity contribution in [2.75, 3.05) is 46.0 Å². The third-order valence-corrected chi connectivity index (χ3v) is 5.67. The molecule has 0 spiro atoms. The van der Waals surface area contributed by atoms with Gasteiger partial charge in [-0.2, -0.15) is 11.8 Å². The number of benzene rings is 1. The van der Waals surface area contributed by atoms with Gasteiger partial charge in [-0.1, -0.05) is 12.1 Å². The van der Waals surface area contributed by atoms with Crippen LogP contribution in [0.3, 0.4) is 0 Å². The molecule has 0 bridgehead atoms. The smallest absolute Gasteiger partial charge is 0.251 e. The first-order chi connectivity index (χ1) is 10.9. The molecular formula is C18H29N3OS. The average Bonchev–Trinajstić information content (AvgIpc) is 2.55. The van der Waals surface area contributed by atoms with E-state index in [1.165, 1.54) is 5.56 Å². The maximum atomic E-state index is 12.4. The highest BCUT2D eigenvalue weighted by atomic mass is 32.2. The molecule has 1 heterocycles. The summed E-state index contributed by atoms with van der Waals surface area (Å²) in [5.41, 5.74) is 1.97. The Morgan fingerprint density at radius 3 is 2.61 bits per heavy atom. The van der Waals surface area contributed by atoms with E-state index in [4.69, 9.17) is 0 Å². The van der Waals surface area contributed by atoms with Gasteiger partial charge >= 0.3 is 0 Å². The molecule has 1 aliphatic rings. The van der Waals surface area contributed by atoms with Crippen molar-refractivity contribution in [3.8, 4) is 0 Å². The standard InChI is InChI=1S/C18H29N3OS/c1-18(2,23-4)14-19-17(22)16-7-5-6-15(12-16)13-21-10-8-20(3)9-11-21/h5-7,12H,8-11,13-14H2,1-4H3,(H,19,22). The Bertz CT molecular complexity index is 525. The molecule has 1 aromatic carbocycles. The fourth-order valence-corrected chi connectivity index (χ4v) is 2.76. The van der Waals surface area contributed by atoms with E-state index in [1.807, 2.05) is 18.2 Å². The van der Waals surface area contributed by atoms with Crippen LogP contribution < -0.4 is 5.32 Å². The predicted octanol–water partition coefficient (Wildman–Crippen LogP) is 2.31. The van der Waals surface area contributed by atoms with Gasteiger partial charge in [0.05, 0.1) is 0 Å². The van der Waals surface area contributed by atoms with Crippen LogP contribution in [0.1, 0.15) is 29.8 Å². The number of piperazine rings is 1. The van der Waals surface area contributed by atoms with E-state index in [0.29, 0.717) is 6.54 Å². The molecule has 1 N–H and O–H groups in total. The summed E-state index contributed by atoms with van der Waals surface area (Å²) in [6.07, 6.45) is 2.07. The lowest BCUT2D eigenvalue weighted by Gasteiger charge is -2.32. The molecule has 0 radical (unpaired) electrons. The first-order valence-electron chi connectivity index (χ1n) is 8.23. The van der Waals surface area contributed by atoms with Gasteiger partial charge in [-0.05, 0) is 44.8 Å². The summed E-state index contributed by atoms with van der Waals surface area (Å²) >= 11 is 1.77. The van der Waals surface area contributed by atoms with Crippen molar-refractivity contribution in [3.63, 3.8) is 0 Å². The van der Waals surface area contributed by atoms with E-state index in [1.54, 1.807) is 11.8 Å². The van der Waals surface area contributed by atoms with E-state index in [-0.39, 0.29) is 10.7 Å². The quantitative estimate of drug-likeness (QED) is 0.865. The Hall–Kier alpha value is -1.04. The first-order valence-corrected chi connectivity index (χ1v) is 9.45. The van der Waals surface area contributed by atoms with Crippen LogP contribution >= 0.6 is 11.8 Å². The second kappa shape index (κ2) is 8.18. The Labute approximate surface area is 144 Å². The van der Waals surface area contributed by atoms with Crippen molar-refractivity contribution in [3.05, 3.63) is 35.4 Å². The van der Waals surface area contributed by atoms with Gasteiger partial charge < -0.3 is 10.2 Å². The normalized spacial score (nSPS) is 17.2. The Kier molecular flexibility index (Phi) is 6.50. The Morgan fingerprint density at radius 2 is 1.96 bits per heavy atom. The zero-order valence-corrected chi connectivity index (χ0v) is 15.6. The molecule has 1 aliphatic heterocycles. The van der Waals surface area contributed by atoms with E-state index < -0.39 is 0 Å². The Balaban J connectivity index is 1.92. The van der Waals surface area contributed by atoms with Crippen LogP contribution in [0.25, 0.3) is 0 Å². The number of carbonyl (C=O) groups is 1.